The highest BCUT2D eigenvalue weighted by molar-refractivity contribution is 5.83. The third-order valence-corrected chi connectivity index (χ3v) is 1.85. The molecule has 0 unspecified atom stereocenters. The van der Waals surface area contributed by atoms with E-state index in [2.05, 4.69) is 15.0 Å². The minimum Gasteiger partial charge on any atom is -0.394 e. The van der Waals surface area contributed by atoms with Gasteiger partial charge in [0.25, 0.3) is 0 Å². The first-order valence-electron chi connectivity index (χ1n) is 4.45. The smallest absolute Gasteiger partial charge is 0.149 e. The molecule has 0 spiro atoms. The fourth-order valence-corrected chi connectivity index (χ4v) is 1.24. The van der Waals surface area contributed by atoms with Gasteiger partial charge in [0.1, 0.15) is 5.82 Å². The Balaban J connectivity index is 2.27. The Morgan fingerprint density at radius 2 is 2.29 bits per heavy atom. The number of aromatic amines is 1. The van der Waals surface area contributed by atoms with Crippen LogP contribution in [-0.4, -0.2) is 34.4 Å². The second-order valence-electron chi connectivity index (χ2n) is 2.90. The van der Waals surface area contributed by atoms with E-state index in [0.717, 1.165) is 16.9 Å². The second-order valence-corrected chi connectivity index (χ2v) is 2.90. The van der Waals surface area contributed by atoms with Gasteiger partial charge in [-0.3, -0.25) is 4.99 Å². The van der Waals surface area contributed by atoms with Gasteiger partial charge in [0.05, 0.1) is 30.4 Å². The summed E-state index contributed by atoms with van der Waals surface area (Å²) in [5.74, 6) is 0.722. The summed E-state index contributed by atoms with van der Waals surface area (Å²) in [6.45, 7) is 0.480. The molecule has 0 aliphatic carbocycles. The number of aliphatic hydroxyl groups is 1. The van der Waals surface area contributed by atoms with E-state index >= 15 is 0 Å². The number of aliphatic hydroxyl groups excluding tert-OH is 1. The van der Waals surface area contributed by atoms with Crippen LogP contribution in [0.1, 0.15) is 5.82 Å². The van der Waals surface area contributed by atoms with Crippen molar-refractivity contribution in [2.45, 2.75) is 0 Å². The average Bonchev–Trinajstić information content (AvgIpc) is 2.60. The summed E-state index contributed by atoms with van der Waals surface area (Å²) in [6.07, 6.45) is 1.64. The molecule has 0 amide bonds. The van der Waals surface area contributed by atoms with E-state index in [1.807, 2.05) is 24.3 Å². The number of hydrogen-bond donors (Lipinski definition) is 2. The maximum Gasteiger partial charge on any atom is 0.149 e. The number of H-pyrrole nitrogens is 1. The third-order valence-electron chi connectivity index (χ3n) is 1.85. The topological polar surface area (TPSA) is 61.3 Å². The van der Waals surface area contributed by atoms with Crippen molar-refractivity contribution in [3.63, 3.8) is 0 Å². The van der Waals surface area contributed by atoms with Gasteiger partial charge in [-0.25, -0.2) is 4.98 Å². The summed E-state index contributed by atoms with van der Waals surface area (Å²) in [7, 11) is 0. The Kier molecular flexibility index (Phi) is 2.55. The molecular formula is C10H11N3O. The summed E-state index contributed by atoms with van der Waals surface area (Å²) in [4.78, 5) is 11.4. The Labute approximate surface area is 81.3 Å². The van der Waals surface area contributed by atoms with Crippen LogP contribution in [0.25, 0.3) is 11.0 Å². The molecule has 2 aromatic rings. The van der Waals surface area contributed by atoms with E-state index in [-0.39, 0.29) is 6.61 Å². The largest absolute Gasteiger partial charge is 0.394 e. The van der Waals surface area contributed by atoms with Gasteiger partial charge >= 0.3 is 0 Å². The molecule has 1 aromatic carbocycles. The first-order chi connectivity index (χ1) is 6.90. The van der Waals surface area contributed by atoms with Gasteiger partial charge in [0, 0.05) is 0 Å². The highest BCUT2D eigenvalue weighted by atomic mass is 16.3. The molecule has 0 saturated carbocycles. The van der Waals surface area contributed by atoms with E-state index in [9.17, 15) is 0 Å². The minimum atomic E-state index is 0.0662. The van der Waals surface area contributed by atoms with E-state index < -0.39 is 0 Å². The Hall–Kier alpha value is -1.68. The fourth-order valence-electron chi connectivity index (χ4n) is 1.24. The van der Waals surface area contributed by atoms with Crippen LogP contribution < -0.4 is 0 Å². The lowest BCUT2D eigenvalue weighted by molar-refractivity contribution is 0.307. The van der Waals surface area contributed by atoms with Gasteiger partial charge in [-0.2, -0.15) is 0 Å². The standard InChI is InChI=1S/C10H11N3O/c14-6-5-11-7-10-12-8-3-1-2-4-9(8)13-10/h1-4,7,14H,5-6H2,(H,12,13). The number of fused-ring (bicyclic) bond motifs is 1. The maximum atomic E-state index is 8.54. The predicted molar refractivity (Wildman–Crippen MR) is 55.6 cm³/mol. The predicted octanol–water partition coefficient (Wildman–Crippen LogP) is 0.974. The normalized spacial score (nSPS) is 11.5. The minimum absolute atomic E-state index is 0.0662. The van der Waals surface area contributed by atoms with Crippen LogP contribution >= 0.6 is 0 Å². The van der Waals surface area contributed by atoms with E-state index in [0.29, 0.717) is 6.54 Å². The van der Waals surface area contributed by atoms with Gasteiger partial charge in [0.2, 0.25) is 0 Å². The van der Waals surface area contributed by atoms with E-state index in [1.54, 1.807) is 6.21 Å². The molecular weight excluding hydrogens is 178 g/mol. The zero-order valence-corrected chi connectivity index (χ0v) is 7.64. The number of hydrogen-bond acceptors (Lipinski definition) is 3. The summed E-state index contributed by atoms with van der Waals surface area (Å²) in [5, 5.41) is 8.54. The molecule has 0 saturated heterocycles. The average molecular weight is 189 g/mol. The number of nitrogens with one attached hydrogen (secondary N) is 1. The fraction of sp³-hybridized carbons (Fsp3) is 0.200. The number of aromatic nitrogens is 2. The van der Waals surface area contributed by atoms with Gasteiger partial charge < -0.3 is 10.1 Å². The molecule has 2 rings (SSSR count). The zero-order chi connectivity index (χ0) is 9.80. The van der Waals surface area contributed by atoms with Gasteiger partial charge in [-0.15, -0.1) is 0 Å². The highest BCUT2D eigenvalue weighted by Gasteiger charge is 1.97. The lowest BCUT2D eigenvalue weighted by Crippen LogP contribution is -1.90. The molecule has 1 heterocycles. The molecule has 0 fully saturated rings. The van der Waals surface area contributed by atoms with Crippen LogP contribution in [0.4, 0.5) is 0 Å². The Morgan fingerprint density at radius 3 is 3.07 bits per heavy atom. The van der Waals surface area contributed by atoms with Crippen molar-refractivity contribution in [3.05, 3.63) is 30.1 Å². The van der Waals surface area contributed by atoms with Gasteiger partial charge in [-0.05, 0) is 12.1 Å². The van der Waals surface area contributed by atoms with Crippen molar-refractivity contribution < 1.29 is 5.11 Å². The maximum absolute atomic E-state index is 8.54. The third kappa shape index (κ3) is 1.80. The summed E-state index contributed by atoms with van der Waals surface area (Å²) in [6, 6.07) is 7.80. The molecule has 2 N–H and O–H groups in total. The SMILES string of the molecule is OCCN=Cc1nc2ccccc2[nH]1. The molecule has 0 atom stereocenters. The zero-order valence-electron chi connectivity index (χ0n) is 7.64. The number of aliphatic imine (C=N–C) groups is 1. The Bertz CT molecular complexity index is 414. The van der Waals surface area contributed by atoms with Crippen molar-refractivity contribution in [3.8, 4) is 0 Å². The summed E-state index contributed by atoms with van der Waals surface area (Å²) < 4.78 is 0. The first kappa shape index (κ1) is 8.90. The molecule has 4 heteroatoms. The van der Waals surface area contributed by atoms with Crippen LogP contribution in [0, 0.1) is 0 Å². The van der Waals surface area contributed by atoms with Crippen LogP contribution in [-0.2, 0) is 0 Å². The van der Waals surface area contributed by atoms with E-state index in [1.165, 1.54) is 0 Å². The van der Waals surface area contributed by atoms with Crippen LogP contribution in [0.15, 0.2) is 29.3 Å². The van der Waals surface area contributed by atoms with Crippen LogP contribution in [0.5, 0.6) is 0 Å². The van der Waals surface area contributed by atoms with Crippen molar-refractivity contribution in [2.24, 2.45) is 4.99 Å². The quantitative estimate of drug-likeness (QED) is 0.707. The number of nitrogens with zero attached hydrogens (tertiary/aromatic N) is 2. The molecule has 4 nitrogen and oxygen atoms in total. The summed E-state index contributed by atoms with van der Waals surface area (Å²) in [5.41, 5.74) is 1.93. The molecule has 72 valence electrons. The number of para-hydroxylation sites is 2. The highest BCUT2D eigenvalue weighted by Crippen LogP contribution is 2.08. The lowest BCUT2D eigenvalue weighted by Gasteiger charge is -1.84. The monoisotopic (exact) mass is 189 g/mol. The number of benzene rings is 1. The van der Waals surface area contributed by atoms with Gasteiger partial charge in [0.15, 0.2) is 0 Å². The van der Waals surface area contributed by atoms with Crippen molar-refractivity contribution in [2.75, 3.05) is 13.2 Å². The van der Waals surface area contributed by atoms with E-state index in [4.69, 9.17) is 5.11 Å². The second kappa shape index (κ2) is 4.02. The number of imidazole rings is 1. The van der Waals surface area contributed by atoms with Crippen molar-refractivity contribution >= 4 is 17.2 Å². The number of rotatable bonds is 3. The molecule has 1 aromatic heterocycles. The molecule has 14 heavy (non-hydrogen) atoms. The molecule has 0 aliphatic rings. The van der Waals surface area contributed by atoms with Crippen molar-refractivity contribution in [1.29, 1.82) is 0 Å². The lowest BCUT2D eigenvalue weighted by atomic mass is 10.3. The van der Waals surface area contributed by atoms with Crippen LogP contribution in [0.2, 0.25) is 0 Å². The molecule has 0 bridgehead atoms. The van der Waals surface area contributed by atoms with Crippen LogP contribution in [0.3, 0.4) is 0 Å². The first-order valence-corrected chi connectivity index (χ1v) is 4.45. The molecule has 0 aliphatic heterocycles. The van der Waals surface area contributed by atoms with Gasteiger partial charge in [-0.1, -0.05) is 12.1 Å². The molecule has 0 radical (unpaired) electrons. The van der Waals surface area contributed by atoms with Crippen molar-refractivity contribution in [1.82, 2.24) is 9.97 Å². The summed E-state index contributed by atoms with van der Waals surface area (Å²) >= 11 is 0. The Morgan fingerprint density at radius 1 is 1.43 bits per heavy atom.